The Morgan fingerprint density at radius 1 is 1.19 bits per heavy atom. The maximum absolute atomic E-state index is 12.2. The van der Waals surface area contributed by atoms with Gasteiger partial charge in [-0.2, -0.15) is 0 Å². The molecule has 2 aromatic carbocycles. The minimum Gasteiger partial charge on any atom is -0.497 e. The molecule has 7 heteroatoms. The highest BCUT2D eigenvalue weighted by atomic mass is 16.5. The van der Waals surface area contributed by atoms with E-state index in [0.29, 0.717) is 18.0 Å². The Morgan fingerprint density at radius 3 is 2.81 bits per heavy atom. The number of para-hydroxylation sites is 2. The maximum Gasteiger partial charge on any atom is 0.240 e. The van der Waals surface area contributed by atoms with Gasteiger partial charge in [-0.1, -0.05) is 17.3 Å². The number of carbonyl (C=O) groups is 1. The van der Waals surface area contributed by atoms with E-state index in [4.69, 9.17) is 9.26 Å². The molecular formula is C20H18N4O3. The monoisotopic (exact) mass is 362 g/mol. The Morgan fingerprint density at radius 2 is 2.00 bits per heavy atom. The van der Waals surface area contributed by atoms with Crippen molar-refractivity contribution in [2.45, 2.75) is 13.1 Å². The normalized spacial score (nSPS) is 10.9. The van der Waals surface area contributed by atoms with Gasteiger partial charge in [0, 0.05) is 11.6 Å². The summed E-state index contributed by atoms with van der Waals surface area (Å²) in [6.45, 7) is 0.495. The van der Waals surface area contributed by atoms with Crippen molar-refractivity contribution in [3.05, 3.63) is 66.6 Å². The Hall–Kier alpha value is -3.61. The van der Waals surface area contributed by atoms with Gasteiger partial charge in [0.05, 0.1) is 31.0 Å². The van der Waals surface area contributed by atoms with Crippen LogP contribution in [0.25, 0.3) is 22.4 Å². The highest BCUT2D eigenvalue weighted by Gasteiger charge is 2.10. The molecule has 0 atom stereocenters. The lowest BCUT2D eigenvalue weighted by atomic mass is 10.1. The molecule has 0 spiro atoms. The first-order chi connectivity index (χ1) is 13.2. The van der Waals surface area contributed by atoms with E-state index in [1.54, 1.807) is 13.4 Å². The molecule has 136 valence electrons. The zero-order valence-electron chi connectivity index (χ0n) is 14.8. The van der Waals surface area contributed by atoms with Gasteiger partial charge in [0.15, 0.2) is 5.76 Å². The number of methoxy groups -OCH3 is 1. The number of aromatic nitrogens is 3. The van der Waals surface area contributed by atoms with Crippen molar-refractivity contribution in [1.82, 2.24) is 20.0 Å². The fourth-order valence-corrected chi connectivity index (χ4v) is 2.82. The summed E-state index contributed by atoms with van der Waals surface area (Å²) in [5.74, 6) is 1.30. The Balaban J connectivity index is 1.37. The number of benzene rings is 2. The SMILES string of the molecule is COc1ccc(-c2cc(CNC(=O)Cn3cnc4ccccc43)no2)cc1. The van der Waals surface area contributed by atoms with Crippen LogP contribution < -0.4 is 10.1 Å². The molecule has 0 saturated heterocycles. The lowest BCUT2D eigenvalue weighted by Crippen LogP contribution is -2.26. The van der Waals surface area contributed by atoms with Gasteiger partial charge in [0.25, 0.3) is 0 Å². The van der Waals surface area contributed by atoms with Gasteiger partial charge in [0.1, 0.15) is 18.0 Å². The number of amides is 1. The second-order valence-corrected chi connectivity index (χ2v) is 6.05. The van der Waals surface area contributed by atoms with Gasteiger partial charge in [-0.15, -0.1) is 0 Å². The van der Waals surface area contributed by atoms with Crippen LogP contribution in [-0.2, 0) is 17.9 Å². The molecule has 0 aliphatic rings. The fourth-order valence-electron chi connectivity index (χ4n) is 2.82. The molecule has 7 nitrogen and oxygen atoms in total. The van der Waals surface area contributed by atoms with Crippen molar-refractivity contribution in [1.29, 1.82) is 0 Å². The molecule has 2 heterocycles. The third-order valence-electron chi connectivity index (χ3n) is 4.24. The number of carbonyl (C=O) groups excluding carboxylic acids is 1. The first-order valence-electron chi connectivity index (χ1n) is 8.49. The standard InChI is InChI=1S/C20H18N4O3/c1-26-16-8-6-14(7-9-16)19-10-15(23-27-19)11-21-20(25)12-24-13-22-17-4-2-3-5-18(17)24/h2-10,13H,11-12H2,1H3,(H,21,25). The second kappa shape index (κ2) is 7.33. The molecule has 4 rings (SSSR count). The first-order valence-corrected chi connectivity index (χ1v) is 8.49. The number of nitrogens with zero attached hydrogens (tertiary/aromatic N) is 3. The smallest absolute Gasteiger partial charge is 0.240 e. The van der Waals surface area contributed by atoms with Crippen LogP contribution in [0.5, 0.6) is 5.75 Å². The van der Waals surface area contributed by atoms with E-state index >= 15 is 0 Å². The van der Waals surface area contributed by atoms with Crippen molar-refractivity contribution in [2.75, 3.05) is 7.11 Å². The Kier molecular flexibility index (Phi) is 4.57. The average molecular weight is 362 g/mol. The van der Waals surface area contributed by atoms with Crippen LogP contribution in [0, 0.1) is 0 Å². The summed E-state index contributed by atoms with van der Waals surface area (Å²) in [6.07, 6.45) is 1.67. The van der Waals surface area contributed by atoms with E-state index in [1.165, 1.54) is 0 Å². The number of fused-ring (bicyclic) bond motifs is 1. The number of hydrogen-bond acceptors (Lipinski definition) is 5. The number of hydrogen-bond donors (Lipinski definition) is 1. The molecule has 2 aromatic heterocycles. The van der Waals surface area contributed by atoms with Crippen LogP contribution in [0.2, 0.25) is 0 Å². The Bertz CT molecular complexity index is 1070. The van der Waals surface area contributed by atoms with Crippen molar-refractivity contribution in [2.24, 2.45) is 0 Å². The fraction of sp³-hybridized carbons (Fsp3) is 0.150. The van der Waals surface area contributed by atoms with Crippen LogP contribution in [0.4, 0.5) is 0 Å². The van der Waals surface area contributed by atoms with Crippen molar-refractivity contribution in [3.8, 4) is 17.1 Å². The van der Waals surface area contributed by atoms with Gasteiger partial charge in [0.2, 0.25) is 5.91 Å². The molecule has 1 N–H and O–H groups in total. The summed E-state index contributed by atoms with van der Waals surface area (Å²) in [5, 5.41) is 6.87. The lowest BCUT2D eigenvalue weighted by molar-refractivity contribution is -0.121. The van der Waals surface area contributed by atoms with E-state index in [-0.39, 0.29) is 12.5 Å². The van der Waals surface area contributed by atoms with Gasteiger partial charge >= 0.3 is 0 Å². The van der Waals surface area contributed by atoms with Crippen LogP contribution in [-0.4, -0.2) is 27.7 Å². The summed E-state index contributed by atoms with van der Waals surface area (Å²) in [6, 6.07) is 17.0. The summed E-state index contributed by atoms with van der Waals surface area (Å²) in [4.78, 5) is 16.5. The van der Waals surface area contributed by atoms with Crippen LogP contribution in [0.1, 0.15) is 5.69 Å². The second-order valence-electron chi connectivity index (χ2n) is 6.05. The van der Waals surface area contributed by atoms with Crippen molar-refractivity contribution >= 4 is 16.9 Å². The molecule has 0 saturated carbocycles. The van der Waals surface area contributed by atoms with Gasteiger partial charge in [-0.25, -0.2) is 4.98 Å². The topological polar surface area (TPSA) is 82.2 Å². The number of nitrogens with one attached hydrogen (secondary N) is 1. The minimum atomic E-state index is -0.118. The number of imidazole rings is 1. The predicted octanol–water partition coefficient (Wildman–Crippen LogP) is 3.02. The molecule has 0 bridgehead atoms. The zero-order chi connectivity index (χ0) is 18.6. The molecule has 0 fully saturated rings. The highest BCUT2D eigenvalue weighted by Crippen LogP contribution is 2.23. The number of ether oxygens (including phenoxy) is 1. The molecule has 4 aromatic rings. The third kappa shape index (κ3) is 3.67. The summed E-state index contributed by atoms with van der Waals surface area (Å²) < 4.78 is 12.3. The number of rotatable bonds is 6. The molecule has 0 unspecified atom stereocenters. The van der Waals surface area contributed by atoms with Gasteiger partial charge in [-0.05, 0) is 36.4 Å². The summed E-state index contributed by atoms with van der Waals surface area (Å²) in [7, 11) is 1.62. The molecule has 0 radical (unpaired) electrons. The quantitative estimate of drug-likeness (QED) is 0.570. The largest absolute Gasteiger partial charge is 0.497 e. The van der Waals surface area contributed by atoms with Gasteiger partial charge < -0.3 is 19.1 Å². The van der Waals surface area contributed by atoms with E-state index in [2.05, 4.69) is 15.5 Å². The first kappa shape index (κ1) is 16.8. The minimum absolute atomic E-state index is 0.118. The van der Waals surface area contributed by atoms with Crippen molar-refractivity contribution in [3.63, 3.8) is 0 Å². The molecule has 0 aliphatic carbocycles. The van der Waals surface area contributed by atoms with Crippen molar-refractivity contribution < 1.29 is 14.1 Å². The molecular weight excluding hydrogens is 344 g/mol. The van der Waals surface area contributed by atoms with E-state index in [9.17, 15) is 4.79 Å². The van der Waals surface area contributed by atoms with Gasteiger partial charge in [-0.3, -0.25) is 4.79 Å². The van der Waals surface area contributed by atoms with Crippen LogP contribution in [0.3, 0.4) is 0 Å². The lowest BCUT2D eigenvalue weighted by Gasteiger charge is -2.05. The Labute approximate surface area is 155 Å². The van der Waals surface area contributed by atoms with E-state index < -0.39 is 0 Å². The zero-order valence-corrected chi connectivity index (χ0v) is 14.8. The molecule has 27 heavy (non-hydrogen) atoms. The maximum atomic E-state index is 12.2. The van der Waals surface area contributed by atoms with Crippen LogP contribution in [0.15, 0.2) is 65.4 Å². The third-order valence-corrected chi connectivity index (χ3v) is 4.24. The average Bonchev–Trinajstić information content (AvgIpc) is 3.34. The highest BCUT2D eigenvalue weighted by molar-refractivity contribution is 5.80. The summed E-state index contributed by atoms with van der Waals surface area (Å²) in [5.41, 5.74) is 3.34. The molecule has 1 amide bonds. The predicted molar refractivity (Wildman–Crippen MR) is 100 cm³/mol. The van der Waals surface area contributed by atoms with Crippen LogP contribution >= 0.6 is 0 Å². The summed E-state index contributed by atoms with van der Waals surface area (Å²) >= 11 is 0. The van der Waals surface area contributed by atoms with E-state index in [1.807, 2.05) is 59.2 Å². The molecule has 0 aliphatic heterocycles. The van der Waals surface area contributed by atoms with E-state index in [0.717, 1.165) is 22.3 Å².